The van der Waals surface area contributed by atoms with Crippen LogP contribution in [0, 0.1) is 5.41 Å². The molecule has 1 aliphatic heterocycles. The van der Waals surface area contributed by atoms with Crippen LogP contribution < -0.4 is 0 Å². The van der Waals surface area contributed by atoms with E-state index >= 15 is 0 Å². The Hall–Kier alpha value is -0.0551. The van der Waals surface area contributed by atoms with Gasteiger partial charge in [-0.05, 0) is 51.0 Å². The van der Waals surface area contributed by atoms with E-state index in [9.17, 15) is 10.1 Å². The summed E-state index contributed by atoms with van der Waals surface area (Å²) in [7, 11) is -0.303. The predicted molar refractivity (Wildman–Crippen MR) is 52.3 cm³/mol. The molecule has 0 atom stereocenters. The minimum atomic E-state index is -0.303. The van der Waals surface area contributed by atoms with Gasteiger partial charge in [0.1, 0.15) is 0 Å². The van der Waals surface area contributed by atoms with Crippen LogP contribution >= 0.6 is 0 Å². The molecule has 4 heteroatoms. The second kappa shape index (κ2) is 3.26. The molecular weight excluding hydrogens is 165 g/mol. The van der Waals surface area contributed by atoms with Crippen LogP contribution in [0.5, 0.6) is 0 Å². The molecule has 13 heavy (non-hydrogen) atoms. The normalized spacial score (nSPS) is 28.8. The molecule has 0 bridgehead atoms. The molecule has 1 saturated heterocycles. The molecule has 0 radical (unpaired) electrons. The fraction of sp³-hybridized carbons (Fsp3) is 1.00. The maximum atomic E-state index is 9.37. The van der Waals surface area contributed by atoms with Crippen molar-refractivity contribution in [1.29, 1.82) is 0 Å². The Morgan fingerprint density at radius 1 is 1.31 bits per heavy atom. The summed E-state index contributed by atoms with van der Waals surface area (Å²) < 4.78 is 0. The highest BCUT2D eigenvalue weighted by atomic mass is 16.3. The van der Waals surface area contributed by atoms with Crippen molar-refractivity contribution in [3.63, 3.8) is 0 Å². The molecule has 1 saturated carbocycles. The van der Waals surface area contributed by atoms with Gasteiger partial charge in [-0.1, -0.05) is 0 Å². The van der Waals surface area contributed by atoms with Gasteiger partial charge in [-0.25, -0.2) is 0 Å². The number of hydrogen-bond donors (Lipinski definition) is 2. The lowest BCUT2D eigenvalue weighted by molar-refractivity contribution is -0.0603. The van der Waals surface area contributed by atoms with Gasteiger partial charge in [-0.2, -0.15) is 0 Å². The quantitative estimate of drug-likeness (QED) is 0.576. The van der Waals surface area contributed by atoms with E-state index in [0.29, 0.717) is 5.41 Å². The molecule has 0 unspecified atom stereocenters. The van der Waals surface area contributed by atoms with Gasteiger partial charge in [0.25, 0.3) is 0 Å². The maximum absolute atomic E-state index is 9.37. The van der Waals surface area contributed by atoms with Gasteiger partial charge in [-0.15, -0.1) is 0 Å². The summed E-state index contributed by atoms with van der Waals surface area (Å²) >= 11 is 0. The SMILES string of the molecule is CB(O)N1CCC2(CC1)CC(O)C2. The van der Waals surface area contributed by atoms with Crippen molar-refractivity contribution in [2.75, 3.05) is 13.1 Å². The van der Waals surface area contributed by atoms with Crippen LogP contribution in [-0.2, 0) is 0 Å². The Bertz CT molecular complexity index is 182. The average Bonchev–Trinajstić information content (AvgIpc) is 2.03. The van der Waals surface area contributed by atoms with Crippen LogP contribution in [0.3, 0.4) is 0 Å². The molecule has 0 amide bonds. The average molecular weight is 183 g/mol. The Morgan fingerprint density at radius 3 is 2.23 bits per heavy atom. The molecule has 0 aromatic rings. The molecule has 0 aromatic carbocycles. The number of nitrogens with zero attached hydrogens (tertiary/aromatic N) is 1. The van der Waals surface area contributed by atoms with Crippen molar-refractivity contribution in [3.05, 3.63) is 0 Å². The van der Waals surface area contributed by atoms with E-state index in [1.807, 2.05) is 6.82 Å². The zero-order valence-corrected chi connectivity index (χ0v) is 8.24. The standard InChI is InChI=1S/C9H18BNO2/c1-10(13)11-4-2-9(3-5-11)6-8(12)7-9/h8,12-13H,2-7H2,1H3. The number of hydrogen-bond acceptors (Lipinski definition) is 3. The lowest BCUT2D eigenvalue weighted by Gasteiger charge is -2.50. The highest BCUT2D eigenvalue weighted by Crippen LogP contribution is 2.48. The smallest absolute Gasteiger partial charge is 0.376 e. The van der Waals surface area contributed by atoms with Crippen LogP contribution in [0.4, 0.5) is 0 Å². The van der Waals surface area contributed by atoms with E-state index in [4.69, 9.17) is 0 Å². The van der Waals surface area contributed by atoms with Crippen molar-refractivity contribution in [2.45, 2.75) is 38.6 Å². The lowest BCUT2D eigenvalue weighted by atomic mass is 9.60. The Balaban J connectivity index is 1.83. The van der Waals surface area contributed by atoms with Crippen molar-refractivity contribution in [3.8, 4) is 0 Å². The first kappa shape index (κ1) is 9.50. The molecule has 3 nitrogen and oxygen atoms in total. The second-order valence-corrected chi connectivity index (χ2v) is 4.73. The van der Waals surface area contributed by atoms with E-state index in [2.05, 4.69) is 4.81 Å². The minimum absolute atomic E-state index is 0.0434. The van der Waals surface area contributed by atoms with Crippen molar-refractivity contribution >= 4 is 7.05 Å². The van der Waals surface area contributed by atoms with E-state index in [1.165, 1.54) is 0 Å². The first-order valence-corrected chi connectivity index (χ1v) is 5.22. The summed E-state index contributed by atoms with van der Waals surface area (Å²) in [5, 5.41) is 18.6. The van der Waals surface area contributed by atoms with Crippen molar-refractivity contribution < 1.29 is 10.1 Å². The molecule has 1 spiro atoms. The topological polar surface area (TPSA) is 43.7 Å². The first-order valence-electron chi connectivity index (χ1n) is 5.22. The summed E-state index contributed by atoms with van der Waals surface area (Å²) in [6.45, 7) is 3.81. The van der Waals surface area contributed by atoms with Gasteiger partial charge in [0.05, 0.1) is 6.10 Å². The Morgan fingerprint density at radius 2 is 1.85 bits per heavy atom. The molecule has 1 aliphatic carbocycles. The first-order chi connectivity index (χ1) is 6.11. The van der Waals surface area contributed by atoms with Crippen LogP contribution in [0.25, 0.3) is 0 Å². The van der Waals surface area contributed by atoms with Gasteiger partial charge in [0.15, 0.2) is 0 Å². The lowest BCUT2D eigenvalue weighted by Crippen LogP contribution is -2.52. The molecule has 2 rings (SSSR count). The fourth-order valence-corrected chi connectivity index (χ4v) is 2.72. The molecule has 2 N–H and O–H groups in total. The van der Waals surface area contributed by atoms with Crippen LogP contribution in [0.1, 0.15) is 25.7 Å². The summed E-state index contributed by atoms with van der Waals surface area (Å²) in [5.41, 5.74) is 0.435. The van der Waals surface area contributed by atoms with Crippen LogP contribution in [0.15, 0.2) is 0 Å². The second-order valence-electron chi connectivity index (χ2n) is 4.73. The monoisotopic (exact) mass is 183 g/mol. The Kier molecular flexibility index (Phi) is 2.38. The minimum Gasteiger partial charge on any atom is -0.437 e. The zero-order chi connectivity index (χ0) is 9.47. The summed E-state index contributed by atoms with van der Waals surface area (Å²) in [5.74, 6) is 0. The van der Waals surface area contributed by atoms with Gasteiger partial charge >= 0.3 is 7.05 Å². The van der Waals surface area contributed by atoms with E-state index in [-0.39, 0.29) is 13.2 Å². The number of rotatable bonds is 1. The molecule has 0 aromatic heterocycles. The van der Waals surface area contributed by atoms with Crippen LogP contribution in [-0.4, -0.2) is 41.2 Å². The largest absolute Gasteiger partial charge is 0.437 e. The van der Waals surface area contributed by atoms with Gasteiger partial charge < -0.3 is 14.9 Å². The number of piperidine rings is 1. The molecular formula is C9H18BNO2. The number of aliphatic hydroxyl groups excluding tert-OH is 1. The van der Waals surface area contributed by atoms with Gasteiger partial charge in [-0.3, -0.25) is 0 Å². The van der Waals surface area contributed by atoms with E-state index in [0.717, 1.165) is 38.8 Å². The summed E-state index contributed by atoms with van der Waals surface area (Å²) in [4.78, 5) is 2.11. The summed E-state index contributed by atoms with van der Waals surface area (Å²) in [6.07, 6.45) is 4.23. The highest BCUT2D eigenvalue weighted by molar-refractivity contribution is 6.45. The van der Waals surface area contributed by atoms with Crippen molar-refractivity contribution in [1.82, 2.24) is 4.81 Å². The molecule has 74 valence electrons. The van der Waals surface area contributed by atoms with Crippen molar-refractivity contribution in [2.24, 2.45) is 5.41 Å². The third kappa shape index (κ3) is 1.76. The fourth-order valence-electron chi connectivity index (χ4n) is 2.72. The third-order valence-electron chi connectivity index (χ3n) is 3.72. The van der Waals surface area contributed by atoms with Gasteiger partial charge in [0, 0.05) is 0 Å². The van der Waals surface area contributed by atoms with E-state index < -0.39 is 0 Å². The number of aliphatic hydroxyl groups is 1. The molecule has 2 fully saturated rings. The maximum Gasteiger partial charge on any atom is 0.376 e. The zero-order valence-electron chi connectivity index (χ0n) is 8.24. The predicted octanol–water partition coefficient (Wildman–Crippen LogP) is 0.334. The summed E-state index contributed by atoms with van der Waals surface area (Å²) in [6, 6.07) is 0. The highest BCUT2D eigenvalue weighted by Gasteiger charge is 2.45. The van der Waals surface area contributed by atoms with E-state index in [1.54, 1.807) is 0 Å². The third-order valence-corrected chi connectivity index (χ3v) is 3.72. The Labute approximate surface area is 79.9 Å². The van der Waals surface area contributed by atoms with Gasteiger partial charge in [0.2, 0.25) is 0 Å². The van der Waals surface area contributed by atoms with Crippen LogP contribution in [0.2, 0.25) is 6.82 Å². The molecule has 1 heterocycles. The molecule has 2 aliphatic rings.